The fraction of sp³-hybridized carbons (Fsp3) is 0.263. The number of hydrogen-bond acceptors (Lipinski definition) is 4. The molecule has 3 aromatic rings. The van der Waals surface area contributed by atoms with Crippen molar-refractivity contribution in [3.8, 4) is 22.9 Å². The van der Waals surface area contributed by atoms with Crippen molar-refractivity contribution in [3.05, 3.63) is 58.6 Å². The van der Waals surface area contributed by atoms with Crippen molar-refractivity contribution in [3.63, 3.8) is 0 Å². The molecule has 0 fully saturated rings. The molecule has 148 valence electrons. The van der Waals surface area contributed by atoms with E-state index in [0.717, 1.165) is 0 Å². The van der Waals surface area contributed by atoms with Gasteiger partial charge in [-0.05, 0) is 32.0 Å². The summed E-state index contributed by atoms with van der Waals surface area (Å²) in [7, 11) is 3.20. The molecule has 0 amide bonds. The Labute approximate surface area is 164 Å². The lowest BCUT2D eigenvalue weighted by atomic mass is 10.1. The molecule has 0 unspecified atom stereocenters. The van der Waals surface area contributed by atoms with Crippen molar-refractivity contribution < 1.29 is 22.6 Å². The van der Waals surface area contributed by atoms with Gasteiger partial charge in [0.1, 0.15) is 11.6 Å². The third-order valence-corrected chi connectivity index (χ3v) is 4.48. The van der Waals surface area contributed by atoms with Gasteiger partial charge in [0.05, 0.1) is 12.1 Å². The molecule has 0 aliphatic rings. The molecular weight excluding hydrogens is 395 g/mol. The first-order valence-corrected chi connectivity index (χ1v) is 8.59. The summed E-state index contributed by atoms with van der Waals surface area (Å²) in [5.74, 6) is -2.76. The van der Waals surface area contributed by atoms with Crippen molar-refractivity contribution >= 4 is 11.6 Å². The maximum absolute atomic E-state index is 14.0. The van der Waals surface area contributed by atoms with Gasteiger partial charge in [0.2, 0.25) is 0 Å². The normalized spacial score (nSPS) is 11.6. The highest BCUT2D eigenvalue weighted by molar-refractivity contribution is 6.33. The first-order chi connectivity index (χ1) is 13.1. The van der Waals surface area contributed by atoms with Gasteiger partial charge in [-0.3, -0.25) is 0 Å². The lowest BCUT2D eigenvalue weighted by molar-refractivity contribution is 0.0833. The van der Waals surface area contributed by atoms with Crippen LogP contribution in [0.2, 0.25) is 5.02 Å². The van der Waals surface area contributed by atoms with E-state index in [1.807, 2.05) is 0 Å². The Bertz CT molecular complexity index is 1010. The van der Waals surface area contributed by atoms with Gasteiger partial charge in [-0.15, -0.1) is 10.2 Å². The molecule has 0 radical (unpaired) electrons. The second-order valence-corrected chi connectivity index (χ2v) is 6.97. The van der Waals surface area contributed by atoms with Crippen LogP contribution < -0.4 is 9.47 Å². The lowest BCUT2D eigenvalue weighted by Gasteiger charge is -2.26. The summed E-state index contributed by atoms with van der Waals surface area (Å²) in [5, 5.41) is 8.67. The van der Waals surface area contributed by atoms with E-state index in [2.05, 4.69) is 10.2 Å². The van der Waals surface area contributed by atoms with E-state index in [-0.39, 0.29) is 5.82 Å². The van der Waals surface area contributed by atoms with Gasteiger partial charge < -0.3 is 14.0 Å². The van der Waals surface area contributed by atoms with Crippen LogP contribution in [-0.4, -0.2) is 21.9 Å². The number of ether oxygens (including phenoxy) is 2. The van der Waals surface area contributed by atoms with Crippen molar-refractivity contribution in [2.75, 3.05) is 7.11 Å². The van der Waals surface area contributed by atoms with E-state index in [4.69, 9.17) is 21.1 Å². The second-order valence-electron chi connectivity index (χ2n) is 6.56. The van der Waals surface area contributed by atoms with Crippen LogP contribution >= 0.6 is 11.6 Å². The average Bonchev–Trinajstić information content (AvgIpc) is 3.01. The molecule has 9 heteroatoms. The highest BCUT2D eigenvalue weighted by Gasteiger charge is 2.32. The predicted molar refractivity (Wildman–Crippen MR) is 98.0 cm³/mol. The molecular formula is C19H17ClF3N3O2. The number of hydrogen-bond donors (Lipinski definition) is 0. The molecule has 0 aliphatic carbocycles. The largest absolute Gasteiger partial charge is 0.497 e. The Balaban J connectivity index is 2.01. The van der Waals surface area contributed by atoms with Crippen LogP contribution in [0.15, 0.2) is 30.3 Å². The summed E-state index contributed by atoms with van der Waals surface area (Å²) in [4.78, 5) is 0. The standard InChI is InChI=1S/C19H17ClF3N3O2/c1-19(2,28-16-14(22)7-10(21)8-15(16)23)18-25-24-17(26(18)3)12-9-11(27-4)5-6-13(12)20/h5-9H,1-4H3. The van der Waals surface area contributed by atoms with Gasteiger partial charge in [-0.2, -0.15) is 0 Å². The van der Waals surface area contributed by atoms with Gasteiger partial charge in [-0.1, -0.05) is 11.6 Å². The highest BCUT2D eigenvalue weighted by atomic mass is 35.5. The summed E-state index contributed by atoms with van der Waals surface area (Å²) in [5.41, 5.74) is -0.720. The first-order valence-electron chi connectivity index (χ1n) is 8.21. The molecule has 0 bridgehead atoms. The fourth-order valence-electron chi connectivity index (χ4n) is 2.82. The summed E-state index contributed by atoms with van der Waals surface area (Å²) in [6.45, 7) is 3.13. The van der Waals surface area contributed by atoms with Gasteiger partial charge in [0, 0.05) is 24.7 Å². The van der Waals surface area contributed by atoms with E-state index >= 15 is 0 Å². The van der Waals surface area contributed by atoms with Crippen LogP contribution in [0.1, 0.15) is 19.7 Å². The monoisotopic (exact) mass is 411 g/mol. The minimum absolute atomic E-state index is 0.282. The minimum Gasteiger partial charge on any atom is -0.497 e. The SMILES string of the molecule is COc1ccc(Cl)c(-c2nnc(C(C)(C)Oc3c(F)cc(F)cc3F)n2C)c1. The lowest BCUT2D eigenvalue weighted by Crippen LogP contribution is -2.30. The van der Waals surface area contributed by atoms with Crippen LogP contribution in [0.5, 0.6) is 11.5 Å². The second kappa shape index (κ2) is 7.35. The first kappa shape index (κ1) is 20.0. The van der Waals surface area contributed by atoms with Crippen molar-refractivity contribution in [2.24, 2.45) is 7.05 Å². The number of rotatable bonds is 5. The van der Waals surface area contributed by atoms with Crippen LogP contribution in [0.4, 0.5) is 13.2 Å². The summed E-state index contributed by atoms with van der Waals surface area (Å²) < 4.78 is 53.4. The Kier molecular flexibility index (Phi) is 5.25. The zero-order valence-corrected chi connectivity index (χ0v) is 16.3. The van der Waals surface area contributed by atoms with E-state index < -0.39 is 28.8 Å². The molecule has 0 atom stereocenters. The average molecular weight is 412 g/mol. The van der Waals surface area contributed by atoms with Gasteiger partial charge in [0.15, 0.2) is 34.6 Å². The Morgan fingerprint density at radius 3 is 2.29 bits per heavy atom. The molecule has 0 aliphatic heterocycles. The van der Waals surface area contributed by atoms with E-state index in [9.17, 15) is 13.2 Å². The third kappa shape index (κ3) is 3.64. The molecule has 5 nitrogen and oxygen atoms in total. The van der Waals surface area contributed by atoms with Gasteiger partial charge in [0.25, 0.3) is 0 Å². The van der Waals surface area contributed by atoms with Crippen LogP contribution in [-0.2, 0) is 12.6 Å². The maximum Gasteiger partial charge on any atom is 0.192 e. The zero-order chi connectivity index (χ0) is 20.6. The Morgan fingerprint density at radius 2 is 1.68 bits per heavy atom. The molecule has 0 saturated heterocycles. The molecule has 3 rings (SSSR count). The number of methoxy groups -OCH3 is 1. The molecule has 28 heavy (non-hydrogen) atoms. The molecule has 0 N–H and O–H groups in total. The van der Waals surface area contributed by atoms with E-state index in [0.29, 0.717) is 34.3 Å². The van der Waals surface area contributed by atoms with E-state index in [1.54, 1.807) is 43.7 Å². The van der Waals surface area contributed by atoms with Crippen molar-refractivity contribution in [1.29, 1.82) is 0 Å². The smallest absolute Gasteiger partial charge is 0.192 e. The summed E-state index contributed by atoms with van der Waals surface area (Å²) >= 11 is 6.27. The molecule has 1 aromatic heterocycles. The van der Waals surface area contributed by atoms with Crippen LogP contribution in [0, 0.1) is 17.5 Å². The van der Waals surface area contributed by atoms with Crippen LogP contribution in [0.25, 0.3) is 11.4 Å². The van der Waals surface area contributed by atoms with Gasteiger partial charge >= 0.3 is 0 Å². The third-order valence-electron chi connectivity index (χ3n) is 4.15. The minimum atomic E-state index is -1.29. The summed E-state index contributed by atoms with van der Waals surface area (Å²) in [6.07, 6.45) is 0. The van der Waals surface area contributed by atoms with Gasteiger partial charge in [-0.25, -0.2) is 13.2 Å². The van der Waals surface area contributed by atoms with Crippen molar-refractivity contribution in [1.82, 2.24) is 14.8 Å². The molecule has 2 aromatic carbocycles. The van der Waals surface area contributed by atoms with Crippen LogP contribution in [0.3, 0.4) is 0 Å². The number of halogens is 4. The zero-order valence-electron chi connectivity index (χ0n) is 15.6. The maximum atomic E-state index is 14.0. The molecule has 1 heterocycles. The topological polar surface area (TPSA) is 49.2 Å². The predicted octanol–water partition coefficient (Wildman–Crippen LogP) is 4.88. The molecule has 0 spiro atoms. The molecule has 0 saturated carbocycles. The Morgan fingerprint density at radius 1 is 1.04 bits per heavy atom. The number of nitrogens with zero attached hydrogens (tertiary/aromatic N) is 3. The fourth-order valence-corrected chi connectivity index (χ4v) is 3.02. The number of aromatic nitrogens is 3. The number of benzene rings is 2. The summed E-state index contributed by atoms with van der Waals surface area (Å²) in [6, 6.07) is 6.16. The van der Waals surface area contributed by atoms with E-state index in [1.165, 1.54) is 7.11 Å². The van der Waals surface area contributed by atoms with Crippen molar-refractivity contribution in [2.45, 2.75) is 19.4 Å². The quantitative estimate of drug-likeness (QED) is 0.600. The Hall–Kier alpha value is -2.74. The highest BCUT2D eigenvalue weighted by Crippen LogP contribution is 2.34.